The lowest BCUT2D eigenvalue weighted by atomic mass is 9.91. The molecule has 1 saturated carbocycles. The summed E-state index contributed by atoms with van der Waals surface area (Å²) in [5, 5.41) is 9.77. The van der Waals surface area contributed by atoms with Gasteiger partial charge in [0.15, 0.2) is 0 Å². The predicted octanol–water partition coefficient (Wildman–Crippen LogP) is 2.90. The molecule has 1 aliphatic rings. The number of rotatable bonds is 5. The largest absolute Gasteiger partial charge is 0.393 e. The first-order chi connectivity index (χ1) is 7.49. The molecule has 0 bridgehead atoms. The standard InChI is InChI=1S/C14H29NO/c1-11(2)9-15(10-12(3)4)13-6-5-7-14(16)8-13/h11-14,16H,5-10H2,1-4H3. The first-order valence-electron chi connectivity index (χ1n) is 6.91. The number of nitrogens with zero attached hydrogens (tertiary/aromatic N) is 1. The van der Waals surface area contributed by atoms with E-state index in [2.05, 4.69) is 32.6 Å². The monoisotopic (exact) mass is 227 g/mol. The summed E-state index contributed by atoms with van der Waals surface area (Å²) in [5.74, 6) is 1.44. The minimum Gasteiger partial charge on any atom is -0.393 e. The third kappa shape index (κ3) is 4.84. The Hall–Kier alpha value is -0.0800. The van der Waals surface area contributed by atoms with Gasteiger partial charge in [0.25, 0.3) is 0 Å². The molecule has 2 heteroatoms. The van der Waals surface area contributed by atoms with Gasteiger partial charge in [-0.25, -0.2) is 0 Å². The van der Waals surface area contributed by atoms with Crippen LogP contribution in [0.3, 0.4) is 0 Å². The molecule has 0 aromatic rings. The van der Waals surface area contributed by atoms with Gasteiger partial charge in [-0.3, -0.25) is 4.90 Å². The Morgan fingerprint density at radius 2 is 1.62 bits per heavy atom. The van der Waals surface area contributed by atoms with Crippen molar-refractivity contribution in [1.29, 1.82) is 0 Å². The van der Waals surface area contributed by atoms with E-state index >= 15 is 0 Å². The second kappa shape index (κ2) is 6.61. The van der Waals surface area contributed by atoms with Gasteiger partial charge in [0, 0.05) is 19.1 Å². The van der Waals surface area contributed by atoms with E-state index in [1.54, 1.807) is 0 Å². The number of aliphatic hydroxyl groups excluding tert-OH is 1. The summed E-state index contributed by atoms with van der Waals surface area (Å²) >= 11 is 0. The number of aliphatic hydroxyl groups is 1. The van der Waals surface area contributed by atoms with Crippen molar-refractivity contribution >= 4 is 0 Å². The average molecular weight is 227 g/mol. The van der Waals surface area contributed by atoms with Gasteiger partial charge in [0.05, 0.1) is 6.10 Å². The van der Waals surface area contributed by atoms with Gasteiger partial charge in [-0.05, 0) is 37.5 Å². The zero-order valence-corrected chi connectivity index (χ0v) is 11.4. The number of hydrogen-bond donors (Lipinski definition) is 1. The lowest BCUT2D eigenvalue weighted by Crippen LogP contribution is -2.43. The van der Waals surface area contributed by atoms with E-state index in [0.29, 0.717) is 6.04 Å². The molecule has 0 heterocycles. The van der Waals surface area contributed by atoms with E-state index in [9.17, 15) is 5.11 Å². The SMILES string of the molecule is CC(C)CN(CC(C)C)C1CCCC(O)C1. The quantitative estimate of drug-likeness (QED) is 0.780. The second-order valence-electron chi connectivity index (χ2n) is 6.22. The van der Waals surface area contributed by atoms with E-state index in [0.717, 1.165) is 24.7 Å². The molecule has 0 aromatic heterocycles. The van der Waals surface area contributed by atoms with Crippen LogP contribution in [0.15, 0.2) is 0 Å². The lowest BCUT2D eigenvalue weighted by molar-refractivity contribution is 0.0507. The summed E-state index contributed by atoms with van der Waals surface area (Å²) < 4.78 is 0. The summed E-state index contributed by atoms with van der Waals surface area (Å²) in [6.45, 7) is 11.5. The van der Waals surface area contributed by atoms with Crippen LogP contribution in [-0.4, -0.2) is 35.2 Å². The Morgan fingerprint density at radius 3 is 2.06 bits per heavy atom. The smallest absolute Gasteiger partial charge is 0.0555 e. The highest BCUT2D eigenvalue weighted by atomic mass is 16.3. The van der Waals surface area contributed by atoms with Crippen LogP contribution in [0.5, 0.6) is 0 Å². The first-order valence-corrected chi connectivity index (χ1v) is 6.91. The van der Waals surface area contributed by atoms with E-state index < -0.39 is 0 Å². The maximum absolute atomic E-state index is 9.77. The Bertz CT molecular complexity index is 181. The summed E-state index contributed by atoms with van der Waals surface area (Å²) in [5.41, 5.74) is 0. The molecule has 1 rings (SSSR count). The van der Waals surface area contributed by atoms with Gasteiger partial charge in [-0.1, -0.05) is 27.7 Å². The van der Waals surface area contributed by atoms with Gasteiger partial charge < -0.3 is 5.11 Å². The summed E-state index contributed by atoms with van der Waals surface area (Å²) in [6.07, 6.45) is 4.41. The molecule has 16 heavy (non-hydrogen) atoms. The normalized spacial score (nSPS) is 27.0. The fourth-order valence-corrected chi connectivity index (χ4v) is 2.78. The van der Waals surface area contributed by atoms with Crippen molar-refractivity contribution in [3.63, 3.8) is 0 Å². The Balaban J connectivity index is 2.52. The highest BCUT2D eigenvalue weighted by molar-refractivity contribution is 4.81. The molecule has 1 aliphatic carbocycles. The molecule has 2 atom stereocenters. The van der Waals surface area contributed by atoms with Crippen molar-refractivity contribution in [3.8, 4) is 0 Å². The van der Waals surface area contributed by atoms with Crippen LogP contribution < -0.4 is 0 Å². The molecular formula is C14H29NO. The van der Waals surface area contributed by atoms with E-state index in [-0.39, 0.29) is 6.10 Å². The van der Waals surface area contributed by atoms with Crippen LogP contribution in [0.1, 0.15) is 53.4 Å². The first kappa shape index (κ1) is 14.0. The molecule has 0 spiro atoms. The zero-order valence-electron chi connectivity index (χ0n) is 11.4. The molecule has 0 aliphatic heterocycles. The van der Waals surface area contributed by atoms with Crippen molar-refractivity contribution < 1.29 is 5.11 Å². The van der Waals surface area contributed by atoms with Crippen LogP contribution in [0, 0.1) is 11.8 Å². The highest BCUT2D eigenvalue weighted by Gasteiger charge is 2.26. The van der Waals surface area contributed by atoms with Crippen molar-refractivity contribution in [3.05, 3.63) is 0 Å². The fraction of sp³-hybridized carbons (Fsp3) is 1.00. The molecule has 1 fully saturated rings. The highest BCUT2D eigenvalue weighted by Crippen LogP contribution is 2.24. The van der Waals surface area contributed by atoms with Crippen molar-refractivity contribution in [2.45, 2.75) is 65.5 Å². The van der Waals surface area contributed by atoms with Gasteiger partial charge in [0.2, 0.25) is 0 Å². The molecule has 0 aromatic carbocycles. The van der Waals surface area contributed by atoms with Gasteiger partial charge >= 0.3 is 0 Å². The maximum atomic E-state index is 9.77. The topological polar surface area (TPSA) is 23.5 Å². The van der Waals surface area contributed by atoms with Gasteiger partial charge in [0.1, 0.15) is 0 Å². The van der Waals surface area contributed by atoms with Gasteiger partial charge in [-0.2, -0.15) is 0 Å². The van der Waals surface area contributed by atoms with E-state index in [1.165, 1.54) is 25.9 Å². The van der Waals surface area contributed by atoms with Crippen LogP contribution in [0.25, 0.3) is 0 Å². The van der Waals surface area contributed by atoms with Crippen LogP contribution in [-0.2, 0) is 0 Å². The van der Waals surface area contributed by atoms with Gasteiger partial charge in [-0.15, -0.1) is 0 Å². The van der Waals surface area contributed by atoms with Crippen molar-refractivity contribution in [2.24, 2.45) is 11.8 Å². The van der Waals surface area contributed by atoms with Crippen molar-refractivity contribution in [1.82, 2.24) is 4.90 Å². The minimum absolute atomic E-state index is 0.0550. The second-order valence-corrected chi connectivity index (χ2v) is 6.22. The van der Waals surface area contributed by atoms with E-state index in [1.807, 2.05) is 0 Å². The van der Waals surface area contributed by atoms with Crippen LogP contribution in [0.2, 0.25) is 0 Å². The molecule has 2 nitrogen and oxygen atoms in total. The molecule has 0 radical (unpaired) electrons. The third-order valence-electron chi connectivity index (χ3n) is 3.33. The zero-order chi connectivity index (χ0) is 12.1. The fourth-order valence-electron chi connectivity index (χ4n) is 2.78. The Morgan fingerprint density at radius 1 is 1.06 bits per heavy atom. The predicted molar refractivity (Wildman–Crippen MR) is 69.5 cm³/mol. The lowest BCUT2D eigenvalue weighted by Gasteiger charge is -2.38. The summed E-state index contributed by atoms with van der Waals surface area (Å²) in [6, 6.07) is 0.619. The van der Waals surface area contributed by atoms with Crippen LogP contribution >= 0.6 is 0 Å². The maximum Gasteiger partial charge on any atom is 0.0555 e. The molecule has 2 unspecified atom stereocenters. The molecule has 0 amide bonds. The number of hydrogen-bond acceptors (Lipinski definition) is 2. The van der Waals surface area contributed by atoms with Crippen LogP contribution in [0.4, 0.5) is 0 Å². The third-order valence-corrected chi connectivity index (χ3v) is 3.33. The Labute approximate surface area is 101 Å². The molecule has 1 N–H and O–H groups in total. The average Bonchev–Trinajstić information content (AvgIpc) is 2.15. The molecule has 96 valence electrons. The Kier molecular flexibility index (Phi) is 5.77. The minimum atomic E-state index is -0.0550. The molecule has 0 saturated heterocycles. The van der Waals surface area contributed by atoms with Crippen molar-refractivity contribution in [2.75, 3.05) is 13.1 Å². The van der Waals surface area contributed by atoms with E-state index in [4.69, 9.17) is 0 Å². The summed E-state index contributed by atoms with van der Waals surface area (Å²) in [4.78, 5) is 2.61. The summed E-state index contributed by atoms with van der Waals surface area (Å²) in [7, 11) is 0. The molecular weight excluding hydrogens is 198 g/mol.